The molecule has 2 heterocycles. The van der Waals surface area contributed by atoms with Gasteiger partial charge in [-0.05, 0) is 58.1 Å². The van der Waals surface area contributed by atoms with Gasteiger partial charge in [-0.15, -0.1) is 11.3 Å². The Kier molecular flexibility index (Phi) is 5.98. The van der Waals surface area contributed by atoms with Crippen LogP contribution >= 0.6 is 43.2 Å². The third kappa shape index (κ3) is 4.64. The third-order valence-electron chi connectivity index (χ3n) is 2.83. The molecule has 0 bridgehead atoms. The first kappa shape index (κ1) is 16.7. The van der Waals surface area contributed by atoms with E-state index in [2.05, 4.69) is 42.3 Å². The molecule has 0 fully saturated rings. The van der Waals surface area contributed by atoms with Crippen molar-refractivity contribution in [2.45, 2.75) is 13.1 Å². The second-order valence-electron chi connectivity index (χ2n) is 4.76. The lowest BCUT2D eigenvalue weighted by Crippen LogP contribution is -2.29. The molecular weight excluding hydrogens is 420 g/mol. The Morgan fingerprint density at radius 1 is 1.38 bits per heavy atom. The molecule has 0 unspecified atom stereocenters. The van der Waals surface area contributed by atoms with Crippen LogP contribution in [0.15, 0.2) is 31.4 Å². The van der Waals surface area contributed by atoms with Crippen LogP contribution in [0.5, 0.6) is 0 Å². The van der Waals surface area contributed by atoms with Crippen molar-refractivity contribution in [1.29, 1.82) is 0 Å². The fourth-order valence-electron chi connectivity index (χ4n) is 1.67. The van der Waals surface area contributed by atoms with E-state index in [4.69, 9.17) is 0 Å². The van der Waals surface area contributed by atoms with Crippen LogP contribution in [0.4, 0.5) is 5.69 Å². The van der Waals surface area contributed by atoms with Gasteiger partial charge in [0.05, 0.1) is 22.2 Å². The summed E-state index contributed by atoms with van der Waals surface area (Å²) in [5.74, 6) is 0. The van der Waals surface area contributed by atoms with Crippen molar-refractivity contribution in [2.24, 2.45) is 0 Å². The summed E-state index contributed by atoms with van der Waals surface area (Å²) in [6.07, 6.45) is 1.68. The van der Waals surface area contributed by atoms with Gasteiger partial charge in [0.1, 0.15) is 4.47 Å². The van der Waals surface area contributed by atoms with Crippen LogP contribution in [0.1, 0.15) is 4.88 Å². The summed E-state index contributed by atoms with van der Waals surface area (Å²) in [7, 11) is 3.93. The molecule has 0 aliphatic heterocycles. The minimum atomic E-state index is -0.116. The van der Waals surface area contributed by atoms with E-state index in [1.807, 2.05) is 31.1 Å². The van der Waals surface area contributed by atoms with Gasteiger partial charge in [0.15, 0.2) is 0 Å². The van der Waals surface area contributed by atoms with Crippen molar-refractivity contribution >= 4 is 48.9 Å². The molecular formula is C13H16Br2N4OS. The maximum absolute atomic E-state index is 12.2. The zero-order chi connectivity index (χ0) is 15.4. The minimum absolute atomic E-state index is 0.116. The minimum Gasteiger partial charge on any atom is -0.378 e. The Bertz CT molecular complexity index is 668. The molecule has 0 aromatic carbocycles. The average Bonchev–Trinajstić information content (AvgIpc) is 2.85. The summed E-state index contributed by atoms with van der Waals surface area (Å²) in [5.41, 5.74) is 0.597. The highest BCUT2D eigenvalue weighted by Gasteiger charge is 2.09. The maximum Gasteiger partial charge on any atom is 0.283 e. The summed E-state index contributed by atoms with van der Waals surface area (Å²) in [6.45, 7) is 2.01. The van der Waals surface area contributed by atoms with E-state index in [0.29, 0.717) is 23.2 Å². The van der Waals surface area contributed by atoms with Gasteiger partial charge in [0.25, 0.3) is 5.56 Å². The first-order valence-corrected chi connectivity index (χ1v) is 8.76. The Balaban J connectivity index is 2.07. The van der Waals surface area contributed by atoms with E-state index in [0.717, 1.165) is 10.3 Å². The molecule has 2 rings (SSSR count). The van der Waals surface area contributed by atoms with Crippen molar-refractivity contribution in [1.82, 2.24) is 14.7 Å². The van der Waals surface area contributed by atoms with Gasteiger partial charge in [-0.3, -0.25) is 4.79 Å². The molecule has 0 atom stereocenters. The molecule has 0 saturated heterocycles. The van der Waals surface area contributed by atoms with E-state index in [1.54, 1.807) is 17.5 Å². The number of likely N-dealkylation sites (N-methyl/N-ethyl adjacent to an activating group) is 1. The molecule has 0 radical (unpaired) electrons. The van der Waals surface area contributed by atoms with E-state index >= 15 is 0 Å². The Hall–Kier alpha value is -0.700. The molecule has 1 N–H and O–H groups in total. The Morgan fingerprint density at radius 3 is 2.76 bits per heavy atom. The fraction of sp³-hybridized carbons (Fsp3) is 0.385. The van der Waals surface area contributed by atoms with Gasteiger partial charge >= 0.3 is 0 Å². The molecule has 0 spiro atoms. The van der Waals surface area contributed by atoms with Gasteiger partial charge in [0, 0.05) is 18.0 Å². The van der Waals surface area contributed by atoms with E-state index in [1.165, 1.54) is 9.56 Å². The lowest BCUT2D eigenvalue weighted by molar-refractivity contribution is 0.367. The average molecular weight is 436 g/mol. The number of anilines is 1. The van der Waals surface area contributed by atoms with Crippen LogP contribution in [0, 0.1) is 0 Å². The smallest absolute Gasteiger partial charge is 0.283 e. The largest absolute Gasteiger partial charge is 0.378 e. The van der Waals surface area contributed by atoms with Crippen molar-refractivity contribution in [3.63, 3.8) is 0 Å². The second kappa shape index (κ2) is 7.53. The van der Waals surface area contributed by atoms with Crippen molar-refractivity contribution < 1.29 is 0 Å². The highest BCUT2D eigenvalue weighted by atomic mass is 79.9. The van der Waals surface area contributed by atoms with Crippen LogP contribution in [-0.2, 0) is 13.1 Å². The number of aromatic nitrogens is 2. The van der Waals surface area contributed by atoms with Gasteiger partial charge < -0.3 is 10.2 Å². The highest BCUT2D eigenvalue weighted by molar-refractivity contribution is 9.11. The van der Waals surface area contributed by atoms with Gasteiger partial charge in [-0.25, -0.2) is 4.68 Å². The number of nitrogens with zero attached hydrogens (tertiary/aromatic N) is 3. The first-order valence-electron chi connectivity index (χ1n) is 6.36. The molecule has 0 amide bonds. The summed E-state index contributed by atoms with van der Waals surface area (Å²) in [6, 6.07) is 4.05. The molecule has 21 heavy (non-hydrogen) atoms. The van der Waals surface area contributed by atoms with Gasteiger partial charge in [-0.1, -0.05) is 0 Å². The van der Waals surface area contributed by atoms with Crippen LogP contribution in [0.3, 0.4) is 0 Å². The predicted molar refractivity (Wildman–Crippen MR) is 94.1 cm³/mol. The van der Waals surface area contributed by atoms with Gasteiger partial charge in [-0.2, -0.15) is 5.10 Å². The monoisotopic (exact) mass is 434 g/mol. The lowest BCUT2D eigenvalue weighted by Gasteiger charge is -2.12. The van der Waals surface area contributed by atoms with Gasteiger partial charge in [0.2, 0.25) is 0 Å². The SMILES string of the molecule is CN(C)CCn1ncc(NCc2ccc(Br)s2)c(Br)c1=O. The number of rotatable bonds is 6. The standard InChI is InChI=1S/C13H16Br2N4OS/c1-18(2)5-6-19-13(20)12(15)10(8-17-19)16-7-9-3-4-11(14)21-9/h3-4,8,16H,5-7H2,1-2H3. The quantitative estimate of drug-likeness (QED) is 0.757. The zero-order valence-corrected chi connectivity index (χ0v) is 15.8. The summed E-state index contributed by atoms with van der Waals surface area (Å²) >= 11 is 8.46. The van der Waals surface area contributed by atoms with Crippen LogP contribution in [0.25, 0.3) is 0 Å². The second-order valence-corrected chi connectivity index (χ2v) is 8.10. The Labute approximate surface area is 144 Å². The summed E-state index contributed by atoms with van der Waals surface area (Å²) in [5, 5.41) is 7.44. The Morgan fingerprint density at radius 2 is 2.14 bits per heavy atom. The van der Waals surface area contributed by atoms with Crippen molar-refractivity contribution in [2.75, 3.05) is 26.0 Å². The van der Waals surface area contributed by atoms with Crippen LogP contribution in [-0.4, -0.2) is 35.3 Å². The molecule has 0 saturated carbocycles. The zero-order valence-electron chi connectivity index (χ0n) is 11.8. The molecule has 8 heteroatoms. The lowest BCUT2D eigenvalue weighted by atomic mass is 10.4. The number of halogens is 2. The molecule has 114 valence electrons. The van der Waals surface area contributed by atoms with Crippen LogP contribution < -0.4 is 10.9 Å². The third-order valence-corrected chi connectivity index (χ3v) is 5.22. The summed E-state index contributed by atoms with van der Waals surface area (Å²) in [4.78, 5) is 15.4. The highest BCUT2D eigenvalue weighted by Crippen LogP contribution is 2.24. The number of thiophene rings is 1. The van der Waals surface area contributed by atoms with Crippen molar-refractivity contribution in [3.05, 3.63) is 41.8 Å². The molecule has 0 aliphatic rings. The van der Waals surface area contributed by atoms with Crippen LogP contribution in [0.2, 0.25) is 0 Å². The fourth-order valence-corrected chi connectivity index (χ4v) is 3.54. The predicted octanol–water partition coefficient (Wildman–Crippen LogP) is 3.00. The number of hydrogen-bond acceptors (Lipinski definition) is 5. The van der Waals surface area contributed by atoms with E-state index in [-0.39, 0.29) is 5.56 Å². The normalized spacial score (nSPS) is 11.1. The number of hydrogen-bond donors (Lipinski definition) is 1. The molecule has 2 aromatic heterocycles. The summed E-state index contributed by atoms with van der Waals surface area (Å²) < 4.78 is 3.08. The molecule has 0 aliphatic carbocycles. The molecule has 5 nitrogen and oxygen atoms in total. The first-order chi connectivity index (χ1) is 9.97. The maximum atomic E-state index is 12.2. The van der Waals surface area contributed by atoms with E-state index in [9.17, 15) is 4.79 Å². The van der Waals surface area contributed by atoms with Crippen molar-refractivity contribution in [3.8, 4) is 0 Å². The topological polar surface area (TPSA) is 50.2 Å². The molecule has 2 aromatic rings. The van der Waals surface area contributed by atoms with E-state index < -0.39 is 0 Å². The number of nitrogens with one attached hydrogen (secondary N) is 1.